The molecule has 1 aliphatic heterocycles. The first-order valence-corrected chi connectivity index (χ1v) is 7.03. The lowest BCUT2D eigenvalue weighted by molar-refractivity contribution is 0.101. The van der Waals surface area contributed by atoms with Crippen LogP contribution >= 0.6 is 23.5 Å². The van der Waals surface area contributed by atoms with E-state index in [0.29, 0.717) is 11.3 Å². The zero-order valence-corrected chi connectivity index (χ0v) is 10.9. The molecule has 0 saturated carbocycles. The van der Waals surface area contributed by atoms with E-state index in [4.69, 9.17) is 5.26 Å². The number of nitrogens with zero attached hydrogens (tertiary/aromatic N) is 2. The van der Waals surface area contributed by atoms with Crippen molar-refractivity contribution in [2.45, 2.75) is 11.8 Å². The van der Waals surface area contributed by atoms with E-state index in [2.05, 4.69) is 11.1 Å². The number of benzene rings is 1. The van der Waals surface area contributed by atoms with Gasteiger partial charge in [0.15, 0.2) is 5.78 Å². The van der Waals surface area contributed by atoms with Crippen LogP contribution in [0.15, 0.2) is 28.1 Å². The maximum absolute atomic E-state index is 11.3. The highest BCUT2D eigenvalue weighted by Gasteiger charge is 2.14. The van der Waals surface area contributed by atoms with Crippen LogP contribution in [0.2, 0.25) is 0 Å². The monoisotopic (exact) mass is 262 g/mol. The molecule has 0 aromatic heterocycles. The van der Waals surface area contributed by atoms with Gasteiger partial charge in [0.25, 0.3) is 0 Å². The van der Waals surface area contributed by atoms with E-state index in [1.807, 2.05) is 18.2 Å². The van der Waals surface area contributed by atoms with Crippen LogP contribution in [0.3, 0.4) is 0 Å². The number of ketones is 1. The van der Waals surface area contributed by atoms with Crippen molar-refractivity contribution in [1.82, 2.24) is 0 Å². The first kappa shape index (κ1) is 12.2. The summed E-state index contributed by atoms with van der Waals surface area (Å²) in [4.78, 5) is 16.9. The average Bonchev–Trinajstić information content (AvgIpc) is 2.35. The van der Waals surface area contributed by atoms with Crippen LogP contribution in [0.5, 0.6) is 0 Å². The summed E-state index contributed by atoms with van der Waals surface area (Å²) in [5.41, 5.74) is 1.52. The highest BCUT2D eigenvalue weighted by Crippen LogP contribution is 2.36. The zero-order valence-electron chi connectivity index (χ0n) is 9.27. The summed E-state index contributed by atoms with van der Waals surface area (Å²) in [7, 11) is 0. The Bertz CT molecular complexity index is 532. The van der Waals surface area contributed by atoms with Crippen LogP contribution in [0.4, 0.5) is 5.69 Å². The third-order valence-corrected chi connectivity index (χ3v) is 4.36. The van der Waals surface area contributed by atoms with Gasteiger partial charge in [0.2, 0.25) is 0 Å². The number of aliphatic imine (C=N–C) groups is 1. The van der Waals surface area contributed by atoms with Gasteiger partial charge in [-0.1, -0.05) is 17.8 Å². The molecule has 17 heavy (non-hydrogen) atoms. The second-order valence-electron chi connectivity index (χ2n) is 3.48. The van der Waals surface area contributed by atoms with Crippen LogP contribution in [-0.4, -0.2) is 22.3 Å². The van der Waals surface area contributed by atoms with E-state index in [1.54, 1.807) is 18.7 Å². The third kappa shape index (κ3) is 2.90. The molecule has 0 saturated heterocycles. The Balaban J connectivity index is 2.29. The smallest absolute Gasteiger partial charge is 0.159 e. The van der Waals surface area contributed by atoms with E-state index in [-0.39, 0.29) is 5.78 Å². The first-order valence-electron chi connectivity index (χ1n) is 5.06. The van der Waals surface area contributed by atoms with Crippen molar-refractivity contribution in [2.75, 3.05) is 11.5 Å². The van der Waals surface area contributed by atoms with Crippen molar-refractivity contribution in [3.63, 3.8) is 0 Å². The van der Waals surface area contributed by atoms with Crippen molar-refractivity contribution in [2.24, 2.45) is 4.99 Å². The molecule has 5 heteroatoms. The molecular weight excluding hydrogens is 252 g/mol. The predicted octanol–water partition coefficient (Wildman–Crippen LogP) is 3.28. The lowest BCUT2D eigenvalue weighted by atomic mass is 10.1. The molecule has 1 aromatic carbocycles. The van der Waals surface area contributed by atoms with Crippen molar-refractivity contribution in [3.8, 4) is 6.07 Å². The van der Waals surface area contributed by atoms with Crippen molar-refractivity contribution >= 4 is 40.0 Å². The number of carbonyl (C=O) groups excluding carboxylic acids is 1. The van der Waals surface area contributed by atoms with Gasteiger partial charge in [-0.25, -0.2) is 4.99 Å². The highest BCUT2D eigenvalue weighted by molar-refractivity contribution is 8.16. The average molecular weight is 262 g/mol. The van der Waals surface area contributed by atoms with E-state index >= 15 is 0 Å². The second kappa shape index (κ2) is 5.39. The molecule has 86 valence electrons. The normalized spacial score (nSPS) is 13.5. The molecule has 0 spiro atoms. The number of hydrogen-bond acceptors (Lipinski definition) is 5. The Labute approximate surface area is 108 Å². The van der Waals surface area contributed by atoms with Gasteiger partial charge in [-0.2, -0.15) is 5.26 Å². The lowest BCUT2D eigenvalue weighted by Crippen LogP contribution is -2.02. The number of rotatable bonds is 2. The molecule has 0 bridgehead atoms. The summed E-state index contributed by atoms with van der Waals surface area (Å²) >= 11 is 3.15. The Morgan fingerprint density at radius 3 is 3.18 bits per heavy atom. The number of nitriles is 1. The van der Waals surface area contributed by atoms with E-state index < -0.39 is 0 Å². The Morgan fingerprint density at radius 1 is 1.65 bits per heavy atom. The summed E-state index contributed by atoms with van der Waals surface area (Å²) in [5, 5.41) is 9.48. The molecule has 0 atom stereocenters. The number of carbonyl (C=O) groups is 1. The molecule has 3 nitrogen and oxygen atoms in total. The topological polar surface area (TPSA) is 53.2 Å². The minimum absolute atomic E-state index is 0.0461. The highest BCUT2D eigenvalue weighted by atomic mass is 32.2. The number of fused-ring (bicyclic) bond motifs is 1. The maximum atomic E-state index is 11.3. The maximum Gasteiger partial charge on any atom is 0.159 e. The van der Waals surface area contributed by atoms with Crippen LogP contribution in [0.25, 0.3) is 0 Å². The number of thioether (sulfide) groups is 2. The lowest BCUT2D eigenvalue weighted by Gasteiger charge is -2.14. The minimum Gasteiger partial charge on any atom is -0.295 e. The Kier molecular flexibility index (Phi) is 3.87. The molecule has 0 radical (unpaired) electrons. The summed E-state index contributed by atoms with van der Waals surface area (Å²) in [6, 6.07) is 7.67. The SMILES string of the molecule is CC(=O)c1ccc2c(c1)N=C(SCC#N)CS2. The van der Waals surface area contributed by atoms with Gasteiger partial charge in [-0.15, -0.1) is 11.8 Å². The zero-order chi connectivity index (χ0) is 12.3. The summed E-state index contributed by atoms with van der Waals surface area (Å²) in [5.74, 6) is 1.27. The van der Waals surface area contributed by atoms with Gasteiger partial charge in [0, 0.05) is 16.2 Å². The Morgan fingerprint density at radius 2 is 2.47 bits per heavy atom. The van der Waals surface area contributed by atoms with E-state index in [0.717, 1.165) is 21.4 Å². The van der Waals surface area contributed by atoms with Crippen LogP contribution in [0, 0.1) is 11.3 Å². The molecular formula is C12H10N2OS2. The fourth-order valence-electron chi connectivity index (χ4n) is 1.44. The molecule has 2 rings (SSSR count). The first-order chi connectivity index (χ1) is 8.20. The fraction of sp³-hybridized carbons (Fsp3) is 0.250. The van der Waals surface area contributed by atoms with Crippen LogP contribution in [-0.2, 0) is 0 Å². The summed E-state index contributed by atoms with van der Waals surface area (Å²) in [6.45, 7) is 1.55. The van der Waals surface area contributed by atoms with E-state index in [1.165, 1.54) is 11.8 Å². The molecule has 1 aromatic rings. The van der Waals surface area contributed by atoms with Gasteiger partial charge in [-0.05, 0) is 19.1 Å². The quantitative estimate of drug-likeness (QED) is 0.767. The van der Waals surface area contributed by atoms with Crippen molar-refractivity contribution in [1.29, 1.82) is 5.26 Å². The molecule has 0 unspecified atom stereocenters. The minimum atomic E-state index is 0.0461. The predicted molar refractivity (Wildman–Crippen MR) is 72.3 cm³/mol. The second-order valence-corrected chi connectivity index (χ2v) is 5.55. The van der Waals surface area contributed by atoms with Crippen LogP contribution in [0.1, 0.15) is 17.3 Å². The number of Topliss-reactive ketones (excluding diaryl/α,β-unsaturated/α-hetero) is 1. The van der Waals surface area contributed by atoms with Crippen molar-refractivity contribution in [3.05, 3.63) is 23.8 Å². The molecule has 1 heterocycles. The van der Waals surface area contributed by atoms with Gasteiger partial charge >= 0.3 is 0 Å². The van der Waals surface area contributed by atoms with Gasteiger partial charge in [-0.3, -0.25) is 4.79 Å². The van der Waals surface area contributed by atoms with Gasteiger partial charge < -0.3 is 0 Å². The van der Waals surface area contributed by atoms with Gasteiger partial charge in [0.1, 0.15) is 0 Å². The molecule has 0 fully saturated rings. The van der Waals surface area contributed by atoms with E-state index in [9.17, 15) is 4.79 Å². The van der Waals surface area contributed by atoms with Crippen molar-refractivity contribution < 1.29 is 4.79 Å². The molecule has 0 amide bonds. The Hall–Kier alpha value is -1.25. The van der Waals surface area contributed by atoms with Crippen LogP contribution < -0.4 is 0 Å². The third-order valence-electron chi connectivity index (χ3n) is 2.27. The van der Waals surface area contributed by atoms with Gasteiger partial charge in [0.05, 0.1) is 22.6 Å². The molecule has 0 N–H and O–H groups in total. The standard InChI is InChI=1S/C12H10N2OS2/c1-8(15)9-2-3-11-10(6-9)14-12(7-17-11)16-5-4-13/h2-3,6H,5,7H2,1H3. The number of hydrogen-bond donors (Lipinski definition) is 0. The summed E-state index contributed by atoms with van der Waals surface area (Å²) in [6.07, 6.45) is 0. The molecule has 0 aliphatic carbocycles. The fourth-order valence-corrected chi connectivity index (χ4v) is 3.11. The largest absolute Gasteiger partial charge is 0.295 e. The summed E-state index contributed by atoms with van der Waals surface area (Å²) < 4.78 is 0. The molecule has 1 aliphatic rings.